The summed E-state index contributed by atoms with van der Waals surface area (Å²) in [6.45, 7) is 0. The molecule has 4 rings (SSSR count). The summed E-state index contributed by atoms with van der Waals surface area (Å²) < 4.78 is 6.08. The summed E-state index contributed by atoms with van der Waals surface area (Å²) in [4.78, 5) is 4.48. The zero-order valence-electron chi connectivity index (χ0n) is 13.9. The number of rotatable bonds is 3. The minimum atomic E-state index is -0.400. The number of ether oxygens (including phenoxy) is 1. The first-order valence-corrected chi connectivity index (χ1v) is 9.58. The lowest BCUT2D eigenvalue weighted by Crippen LogP contribution is -2.23. The lowest BCUT2D eigenvalue weighted by Gasteiger charge is -2.15. The average molecular weight is 383 g/mol. The van der Waals surface area contributed by atoms with Crippen molar-refractivity contribution in [2.45, 2.75) is 11.4 Å². The van der Waals surface area contributed by atoms with Gasteiger partial charge in [-0.2, -0.15) is 4.98 Å². The molecule has 0 unspecified atom stereocenters. The van der Waals surface area contributed by atoms with Gasteiger partial charge in [-0.15, -0.1) is 10.2 Å². The van der Waals surface area contributed by atoms with Crippen LogP contribution in [0, 0.1) is 0 Å². The van der Waals surface area contributed by atoms with E-state index in [-0.39, 0.29) is 0 Å². The molecule has 1 aromatic heterocycles. The maximum absolute atomic E-state index is 6.18. The third-order valence-electron chi connectivity index (χ3n) is 3.85. The van der Waals surface area contributed by atoms with Gasteiger partial charge in [-0.1, -0.05) is 59.8 Å². The van der Waals surface area contributed by atoms with Crippen LogP contribution < -0.4 is 10.1 Å². The predicted octanol–water partition coefficient (Wildman–Crippen LogP) is 4.76. The number of benzene rings is 2. The molecule has 0 radical (unpaired) electrons. The lowest BCUT2D eigenvalue weighted by atomic mass is 10.1. The summed E-state index contributed by atoms with van der Waals surface area (Å²) in [5.41, 5.74) is 3.34. The third-order valence-corrected chi connectivity index (χ3v) is 4.63. The summed E-state index contributed by atoms with van der Waals surface area (Å²) in [6, 6.07) is 15.6. The average Bonchev–Trinajstić information content (AvgIpc) is 2.83. The molecule has 2 heterocycles. The number of halogens is 1. The fourth-order valence-corrected chi connectivity index (χ4v) is 3.10. The first-order chi connectivity index (χ1) is 12.7. The second-order valence-electron chi connectivity index (χ2n) is 5.59. The highest BCUT2D eigenvalue weighted by Crippen LogP contribution is 2.37. The number of anilines is 1. The molecular weight excluding hydrogens is 368 g/mol. The Balaban J connectivity index is 1.75. The third kappa shape index (κ3) is 3.52. The maximum atomic E-state index is 6.18. The number of hydrogen-bond acceptors (Lipinski definition) is 6. The van der Waals surface area contributed by atoms with Gasteiger partial charge in [0.05, 0.1) is 0 Å². The Morgan fingerprint density at radius 3 is 2.81 bits per heavy atom. The van der Waals surface area contributed by atoms with Crippen LogP contribution in [0.1, 0.15) is 5.56 Å². The van der Waals surface area contributed by atoms with Gasteiger partial charge in [-0.3, -0.25) is 0 Å². The molecule has 3 aromatic rings. The summed E-state index contributed by atoms with van der Waals surface area (Å²) in [6.07, 6.45) is 5.45. The molecule has 7 heteroatoms. The normalized spacial score (nSPS) is 15.5. The SMILES string of the molecule is CSc1nnc2c(n1)O[C@@H](/C=C/c1ccccc1)Nc1ccc(Cl)cc1-2. The Morgan fingerprint density at radius 1 is 1.15 bits per heavy atom. The van der Waals surface area contributed by atoms with Gasteiger partial charge in [0, 0.05) is 16.3 Å². The molecule has 1 aliphatic heterocycles. The minimum Gasteiger partial charge on any atom is -0.448 e. The van der Waals surface area contributed by atoms with E-state index in [4.69, 9.17) is 16.3 Å². The van der Waals surface area contributed by atoms with Gasteiger partial charge in [-0.25, -0.2) is 0 Å². The minimum absolute atomic E-state index is 0.400. The Hall–Kier alpha value is -2.57. The molecule has 5 nitrogen and oxygen atoms in total. The first kappa shape index (κ1) is 16.9. The number of nitrogens with one attached hydrogen (secondary N) is 1. The summed E-state index contributed by atoms with van der Waals surface area (Å²) in [5, 5.41) is 13.0. The zero-order chi connectivity index (χ0) is 17.9. The van der Waals surface area contributed by atoms with Gasteiger partial charge in [0.2, 0.25) is 11.0 Å². The monoisotopic (exact) mass is 382 g/mol. The standard InChI is InChI=1S/C19H15ClN4OS/c1-26-19-22-18-17(23-24-19)14-11-13(20)8-9-15(14)21-16(25-18)10-7-12-5-3-2-4-6-12/h2-11,16,21H,1H3/b10-7+/t16-/m0/s1. The summed E-state index contributed by atoms with van der Waals surface area (Å²) in [5.74, 6) is 0.431. The molecule has 130 valence electrons. The van der Waals surface area contributed by atoms with Crippen LogP contribution in [0.2, 0.25) is 5.02 Å². The van der Waals surface area contributed by atoms with Crippen molar-refractivity contribution in [2.24, 2.45) is 0 Å². The molecule has 0 saturated heterocycles. The van der Waals surface area contributed by atoms with Crippen molar-refractivity contribution in [2.75, 3.05) is 11.6 Å². The van der Waals surface area contributed by atoms with E-state index < -0.39 is 6.23 Å². The van der Waals surface area contributed by atoms with Crippen LogP contribution in [0.4, 0.5) is 5.69 Å². The fraction of sp³-hybridized carbons (Fsp3) is 0.105. The molecule has 0 saturated carbocycles. The molecule has 0 fully saturated rings. The van der Waals surface area contributed by atoms with Gasteiger partial charge >= 0.3 is 0 Å². The van der Waals surface area contributed by atoms with E-state index in [0.717, 1.165) is 16.8 Å². The largest absolute Gasteiger partial charge is 0.448 e. The topological polar surface area (TPSA) is 59.9 Å². The van der Waals surface area contributed by atoms with Crippen molar-refractivity contribution in [1.29, 1.82) is 0 Å². The second kappa shape index (κ2) is 7.35. The van der Waals surface area contributed by atoms with Gasteiger partial charge in [0.25, 0.3) is 0 Å². The Bertz CT molecular complexity index is 965. The number of fused-ring (bicyclic) bond motifs is 3. The van der Waals surface area contributed by atoms with Crippen LogP contribution in [0.25, 0.3) is 17.3 Å². The fourth-order valence-electron chi connectivity index (χ4n) is 2.63. The van der Waals surface area contributed by atoms with Crippen molar-refractivity contribution >= 4 is 35.1 Å². The van der Waals surface area contributed by atoms with Crippen molar-refractivity contribution in [3.63, 3.8) is 0 Å². The van der Waals surface area contributed by atoms with Gasteiger partial charge in [0.1, 0.15) is 0 Å². The highest BCUT2D eigenvalue weighted by molar-refractivity contribution is 7.98. The molecule has 2 aromatic carbocycles. The van der Waals surface area contributed by atoms with Gasteiger partial charge < -0.3 is 10.1 Å². The lowest BCUT2D eigenvalue weighted by molar-refractivity contribution is 0.266. The number of aromatic nitrogens is 3. The van der Waals surface area contributed by atoms with Crippen LogP contribution in [-0.4, -0.2) is 27.7 Å². The second-order valence-corrected chi connectivity index (χ2v) is 6.80. The van der Waals surface area contributed by atoms with Gasteiger partial charge in [-0.05, 0) is 36.1 Å². The molecule has 0 amide bonds. The molecule has 0 spiro atoms. The van der Waals surface area contributed by atoms with Gasteiger partial charge in [0.15, 0.2) is 11.9 Å². The van der Waals surface area contributed by atoms with Crippen LogP contribution in [0.15, 0.2) is 59.8 Å². The predicted molar refractivity (Wildman–Crippen MR) is 106 cm³/mol. The molecule has 1 atom stereocenters. The Kier molecular flexibility index (Phi) is 4.77. The molecule has 1 N–H and O–H groups in total. The molecule has 0 bridgehead atoms. The Labute approximate surface area is 160 Å². The highest BCUT2D eigenvalue weighted by Gasteiger charge is 2.24. The number of hydrogen-bond donors (Lipinski definition) is 1. The molecule has 26 heavy (non-hydrogen) atoms. The molecular formula is C19H15ClN4OS. The van der Waals surface area contributed by atoms with Crippen LogP contribution in [-0.2, 0) is 0 Å². The smallest absolute Gasteiger partial charge is 0.247 e. The van der Waals surface area contributed by atoms with E-state index in [9.17, 15) is 0 Å². The quantitative estimate of drug-likeness (QED) is 0.659. The van der Waals surface area contributed by atoms with Crippen molar-refractivity contribution in [3.05, 3.63) is 65.2 Å². The van der Waals surface area contributed by atoms with Crippen molar-refractivity contribution in [1.82, 2.24) is 15.2 Å². The number of nitrogens with zero attached hydrogens (tertiary/aromatic N) is 3. The van der Waals surface area contributed by atoms with E-state index in [1.165, 1.54) is 11.8 Å². The summed E-state index contributed by atoms with van der Waals surface area (Å²) in [7, 11) is 0. The molecule has 1 aliphatic rings. The van der Waals surface area contributed by atoms with Crippen LogP contribution >= 0.6 is 23.4 Å². The van der Waals surface area contributed by atoms with Crippen LogP contribution in [0.5, 0.6) is 5.88 Å². The van der Waals surface area contributed by atoms with Crippen molar-refractivity contribution in [3.8, 4) is 17.1 Å². The maximum Gasteiger partial charge on any atom is 0.247 e. The molecule has 0 aliphatic carbocycles. The summed E-state index contributed by atoms with van der Waals surface area (Å²) >= 11 is 7.59. The highest BCUT2D eigenvalue weighted by atomic mass is 35.5. The number of thioether (sulfide) groups is 1. The van der Waals surface area contributed by atoms with E-state index in [1.807, 2.05) is 66.9 Å². The van der Waals surface area contributed by atoms with Crippen molar-refractivity contribution < 1.29 is 4.74 Å². The van der Waals surface area contributed by atoms with E-state index in [2.05, 4.69) is 20.5 Å². The van der Waals surface area contributed by atoms with Crippen LogP contribution in [0.3, 0.4) is 0 Å². The first-order valence-electron chi connectivity index (χ1n) is 7.98. The Morgan fingerprint density at radius 2 is 2.00 bits per heavy atom. The van der Waals surface area contributed by atoms with E-state index in [1.54, 1.807) is 0 Å². The zero-order valence-corrected chi connectivity index (χ0v) is 15.5. The van der Waals surface area contributed by atoms with E-state index in [0.29, 0.717) is 21.8 Å². The van der Waals surface area contributed by atoms with E-state index >= 15 is 0 Å².